The topological polar surface area (TPSA) is 187 Å². The van der Waals surface area contributed by atoms with Crippen LogP contribution in [0.15, 0.2) is 86.0 Å². The van der Waals surface area contributed by atoms with E-state index in [0.29, 0.717) is 3.57 Å². The first-order chi connectivity index (χ1) is 30.0. The van der Waals surface area contributed by atoms with Gasteiger partial charge in [-0.3, -0.25) is 0 Å². The molecule has 0 amide bonds. The van der Waals surface area contributed by atoms with Crippen LogP contribution >= 0.6 is 22.6 Å². The van der Waals surface area contributed by atoms with Crippen LogP contribution < -0.4 is 34.0 Å². The predicted molar refractivity (Wildman–Crippen MR) is 210 cm³/mol. The van der Waals surface area contributed by atoms with E-state index in [-0.39, 0.29) is 20.7 Å². The van der Waals surface area contributed by atoms with E-state index in [4.69, 9.17) is 0 Å². The number of hydrogen-bond donors (Lipinski definition) is 2. The van der Waals surface area contributed by atoms with Gasteiger partial charge in [0.05, 0.1) is 13.4 Å². The molecule has 4 aromatic rings. The summed E-state index contributed by atoms with van der Waals surface area (Å²) < 4.78 is 317. The second-order valence-corrected chi connectivity index (χ2v) is 22.5. The number of hydrogen-bond acceptors (Lipinski definition) is 9. The number of halogens is 22. The summed E-state index contributed by atoms with van der Waals surface area (Å²) >= 11 is 1.06. The molecule has 0 unspecified atom stereocenters. The molecule has 4 rings (SSSR count). The summed E-state index contributed by atoms with van der Waals surface area (Å²) in [5, 5.41) is 0. The van der Waals surface area contributed by atoms with Gasteiger partial charge in [0.25, 0.3) is 0 Å². The van der Waals surface area contributed by atoms with Crippen LogP contribution in [0, 0.1) is 18.8 Å². The van der Waals surface area contributed by atoms with E-state index in [1.54, 1.807) is 42.5 Å². The second-order valence-electron chi connectivity index (χ2n) is 11.3. The third kappa shape index (κ3) is 31.2. The Morgan fingerprint density at radius 1 is 0.586 bits per heavy atom. The Labute approximate surface area is 409 Å². The summed E-state index contributed by atoms with van der Waals surface area (Å²) in [5.74, 6) is -0.592. The fourth-order valence-electron chi connectivity index (χ4n) is 2.71. The fourth-order valence-corrected chi connectivity index (χ4v) is 8.63. The highest BCUT2D eigenvalue weighted by atomic mass is 127. The third-order valence-electron chi connectivity index (χ3n) is 5.46. The monoisotopic (exact) mass is 1370 g/mol. The molecule has 2 N–H and O–H groups in total. The average molecular weight is 1370 g/mol. The van der Waals surface area contributed by atoms with Gasteiger partial charge >= 0.3 is 95.7 Å². The van der Waals surface area contributed by atoms with Crippen LogP contribution in [-0.4, -0.2) is 86.6 Å². The summed E-state index contributed by atoms with van der Waals surface area (Å²) in [6, 6.07) is 11.6. The number of rotatable bonds is 7. The molecule has 0 fully saturated rings. The molecule has 2 aromatic heterocycles. The van der Waals surface area contributed by atoms with Gasteiger partial charge in [-0.2, -0.15) is 79.0 Å². The number of aromatic nitrogens is 4. The zero-order chi connectivity index (χ0) is 54.2. The highest BCUT2D eigenvalue weighted by Crippen LogP contribution is 2.28. The fraction of sp³-hybridized carbons (Fsp3) is 0.400. The minimum atomic E-state index is -6.60. The van der Waals surface area contributed by atoms with E-state index in [9.17, 15) is 121 Å². The summed E-state index contributed by atoms with van der Waals surface area (Å²) in [6.07, 6.45) is 1.49. The molecule has 70 heavy (non-hydrogen) atoms. The Kier molecular flexibility index (Phi) is 30.1. The van der Waals surface area contributed by atoms with Gasteiger partial charge in [0.1, 0.15) is 24.0 Å². The zero-order valence-electron chi connectivity index (χ0n) is 32.5. The molecule has 408 valence electrons. The largest absolute Gasteiger partial charge is 0.512 e. The summed E-state index contributed by atoms with van der Waals surface area (Å²) in [7, 11) is -22.8. The Balaban J connectivity index is -0.000000378. The molecule has 0 radical (unpaired) electrons. The van der Waals surface area contributed by atoms with Crippen molar-refractivity contribution in [1.82, 2.24) is 22.4 Å². The van der Waals surface area contributed by atoms with Gasteiger partial charge in [0.15, 0.2) is 10.1 Å². The molecule has 2 aromatic carbocycles. The number of aryl methyl sites for hydroxylation is 2. The van der Waals surface area contributed by atoms with Crippen molar-refractivity contribution in [3.8, 4) is 0 Å². The Hall–Kier alpha value is -3.36. The van der Waals surface area contributed by atoms with Crippen molar-refractivity contribution in [1.29, 1.82) is 0 Å². The number of alkyl halides is 19. The summed E-state index contributed by atoms with van der Waals surface area (Å²) in [5.41, 5.74) is -24.6. The first-order valence-electron chi connectivity index (χ1n) is 15.7. The van der Waals surface area contributed by atoms with Crippen LogP contribution in [0.1, 0.15) is 14.9 Å². The van der Waals surface area contributed by atoms with Gasteiger partial charge in [-0.05, 0) is 71.1 Å². The molecular formula is C30H34F20I2N6O8S4+2. The summed E-state index contributed by atoms with van der Waals surface area (Å²) in [4.78, 5) is 3.78. The van der Waals surface area contributed by atoms with Crippen LogP contribution in [-0.2, 0) is 60.7 Å². The van der Waals surface area contributed by atoms with E-state index in [1.165, 1.54) is 48.9 Å². The maximum Gasteiger partial charge on any atom is 0.512 e. The molecule has 0 spiro atoms. The number of sulfonamides is 4. The minimum absolute atomic E-state index is 0. The molecule has 0 saturated carbocycles. The van der Waals surface area contributed by atoms with Crippen molar-refractivity contribution < 1.29 is 147 Å². The predicted octanol–water partition coefficient (Wildman–Crippen LogP) is 5.19. The third-order valence-corrected chi connectivity index (χ3v) is 15.0. The number of nitrogens with one attached hydrogen (secondary N) is 2. The van der Waals surface area contributed by atoms with Crippen LogP contribution in [0.5, 0.6) is 0 Å². The van der Waals surface area contributed by atoms with Gasteiger partial charge in [-0.25, -0.2) is 56.6 Å². The summed E-state index contributed by atoms with van der Waals surface area (Å²) in [6.45, 7) is -0.923. The van der Waals surface area contributed by atoms with Crippen molar-refractivity contribution in [2.75, 3.05) is 4.43 Å². The number of benzene rings is 2. The second kappa shape index (κ2) is 28.8. The molecule has 0 bridgehead atoms. The normalized spacial score (nSPS) is 12.4. The molecule has 0 saturated heterocycles. The molecule has 0 aliphatic heterocycles. The smallest absolute Gasteiger partial charge is 0.341 e. The van der Waals surface area contributed by atoms with Crippen LogP contribution in [0.2, 0.25) is 0 Å². The first kappa shape index (κ1) is 73.2. The highest BCUT2D eigenvalue weighted by Gasteiger charge is 2.56. The molecule has 40 heteroatoms. The zero-order valence-corrected chi connectivity index (χ0v) is 40.1. The van der Waals surface area contributed by atoms with E-state index in [1.807, 2.05) is 17.8 Å². The molecule has 0 aliphatic rings. The van der Waals surface area contributed by atoms with Crippen molar-refractivity contribution in [3.05, 3.63) is 105 Å². The Morgan fingerprint density at radius 2 is 0.929 bits per heavy atom. The maximum absolute atomic E-state index is 12.4. The van der Waals surface area contributed by atoms with Crippen molar-refractivity contribution in [3.63, 3.8) is 0 Å². The van der Waals surface area contributed by atoms with Crippen molar-refractivity contribution >= 4 is 62.7 Å². The van der Waals surface area contributed by atoms with Gasteiger partial charge in [-0.15, -0.1) is 0 Å². The molecule has 0 atom stereocenters. The van der Waals surface area contributed by atoms with Crippen LogP contribution in [0.4, 0.5) is 87.8 Å². The van der Waals surface area contributed by atoms with Crippen molar-refractivity contribution in [2.24, 2.45) is 14.1 Å². The molecule has 14 nitrogen and oxygen atoms in total. The average Bonchev–Trinajstić information content (AvgIpc) is 3.76. The highest BCUT2D eigenvalue weighted by molar-refractivity contribution is 14.1. The van der Waals surface area contributed by atoms with Gasteiger partial charge in [-0.1, -0.05) is 23.1 Å². The van der Waals surface area contributed by atoms with Crippen molar-refractivity contribution in [2.45, 2.75) is 55.8 Å². The van der Waals surface area contributed by atoms with E-state index in [2.05, 4.69) is 27.6 Å². The van der Waals surface area contributed by atoms with Crippen LogP contribution in [0.25, 0.3) is 0 Å². The molecule has 2 heterocycles. The van der Waals surface area contributed by atoms with E-state index in [0.717, 1.165) is 8.14 Å². The van der Waals surface area contributed by atoms with Gasteiger partial charge < -0.3 is 4.57 Å². The van der Waals surface area contributed by atoms with Crippen LogP contribution in [0.3, 0.4) is 0 Å². The maximum atomic E-state index is 12.4. The number of imidazole rings is 2. The minimum Gasteiger partial charge on any atom is -0.341 e. The first-order valence-corrected chi connectivity index (χ1v) is 25.3. The lowest BCUT2D eigenvalue weighted by molar-refractivity contribution is -0.671. The molecular weight excluding hydrogens is 1330 g/mol. The lowest BCUT2D eigenvalue weighted by Crippen LogP contribution is -3.63. The Morgan fingerprint density at radius 3 is 1.14 bits per heavy atom. The standard InChI is InChI=1S/C8H6F4I.C6H8F3N2.C6H4FI.C4H6N2.2C2HF6NO4S2.2CH4/c9-6-1-3-7(4-2-6)13-5-8(10,11)12;1-10-2-3-11(5-10)4-6(7,8)9;7-5-1-3-6(8)4-2-5;1-6-3-2-5-4-6;2*3-1(4,5)14(10,11)9-15(12,13)2(6,7)8;;/h1-4H,5H2;2-3,5H,4H2,1H3;1-4H;2-4H,1H3;2*9H;2*1H4/q2*+1;;;;;;. The Bertz CT molecular complexity index is 2380. The van der Waals surface area contributed by atoms with E-state index < -0.39 is 121 Å². The number of nitrogens with zero attached hydrogens (tertiary/aromatic N) is 4. The quantitative estimate of drug-likeness (QED) is 0.109. The SMILES string of the molecule is C.C.C[n+]1ccn(CC(F)(F)F)c1.Cn1ccnc1.Fc1ccc(I)cc1.Fc1ccc([I+]CC(F)(F)F)cc1.O=S(=O)(NS(=O)(=O)C(F)(F)F)C(F)(F)F.O=S(=O)(NS(=O)(=O)C(F)(F)F)C(F)(F)F. The van der Waals surface area contributed by atoms with E-state index >= 15 is 0 Å². The van der Waals surface area contributed by atoms with Gasteiger partial charge in [0, 0.05) is 23.0 Å². The van der Waals surface area contributed by atoms with Gasteiger partial charge in [0.2, 0.25) is 10.8 Å². The molecule has 0 aliphatic carbocycles. The lowest BCUT2D eigenvalue weighted by atomic mass is 10.4. The lowest BCUT2D eigenvalue weighted by Gasteiger charge is -2.11.